The van der Waals surface area contributed by atoms with Crippen molar-refractivity contribution in [1.82, 2.24) is 4.98 Å². The lowest BCUT2D eigenvalue weighted by Crippen LogP contribution is -2.55. The van der Waals surface area contributed by atoms with E-state index >= 15 is 0 Å². The van der Waals surface area contributed by atoms with Crippen LogP contribution in [0.15, 0.2) is 29.0 Å². The van der Waals surface area contributed by atoms with Crippen molar-refractivity contribution in [3.63, 3.8) is 0 Å². The van der Waals surface area contributed by atoms with Crippen LogP contribution in [-0.4, -0.2) is 52.4 Å². The van der Waals surface area contributed by atoms with E-state index in [4.69, 9.17) is 23.4 Å². The largest absolute Gasteiger partial charge is 0.473 e. The molecule has 0 amide bonds. The van der Waals surface area contributed by atoms with E-state index in [1.165, 1.54) is 38.9 Å². The van der Waals surface area contributed by atoms with Crippen molar-refractivity contribution < 1.29 is 37.7 Å². The molecule has 10 heteroatoms. The highest BCUT2D eigenvalue weighted by Crippen LogP contribution is 2.36. The van der Waals surface area contributed by atoms with E-state index in [-0.39, 0.29) is 5.75 Å². The number of carbonyl (C=O) groups is 3. The van der Waals surface area contributed by atoms with Crippen molar-refractivity contribution in [1.29, 1.82) is 0 Å². The highest BCUT2D eigenvalue weighted by atomic mass is 32.2. The molecule has 1 fully saturated rings. The zero-order valence-electron chi connectivity index (χ0n) is 15.4. The minimum absolute atomic E-state index is 0.286. The number of nitrogens with zero attached hydrogens (tertiary/aromatic N) is 1. The molecule has 1 aromatic carbocycles. The normalized spacial score (nSPS) is 24.4. The zero-order chi connectivity index (χ0) is 20.3. The van der Waals surface area contributed by atoms with E-state index in [9.17, 15) is 14.4 Å². The van der Waals surface area contributed by atoms with Gasteiger partial charge >= 0.3 is 17.9 Å². The van der Waals surface area contributed by atoms with Crippen molar-refractivity contribution in [2.75, 3.05) is 5.75 Å². The average Bonchev–Trinajstić information content (AvgIpc) is 3.08. The standard InChI is InChI=1S/C18H19NO8S/c1-9(20)24-14-7-28-18(17(26-11(3)22)16(14)25-10(2)21)27-13-6-4-5-12-15(13)19-8-23-12/h4-6,8,14,16-18H,7H2,1-3H3/t14-,16+,17-,18-/m1/s1. The van der Waals surface area contributed by atoms with Crippen LogP contribution in [0.1, 0.15) is 20.8 Å². The van der Waals surface area contributed by atoms with Crippen LogP contribution in [-0.2, 0) is 28.6 Å². The predicted octanol–water partition coefficient (Wildman–Crippen LogP) is 2.07. The molecular weight excluding hydrogens is 390 g/mol. The van der Waals surface area contributed by atoms with Crippen LogP contribution < -0.4 is 4.74 Å². The van der Waals surface area contributed by atoms with Crippen molar-refractivity contribution >= 4 is 40.8 Å². The molecule has 0 saturated carbocycles. The van der Waals surface area contributed by atoms with Gasteiger partial charge in [-0.25, -0.2) is 4.98 Å². The Hall–Kier alpha value is -2.75. The van der Waals surface area contributed by atoms with E-state index in [1.54, 1.807) is 18.2 Å². The average molecular weight is 409 g/mol. The SMILES string of the molecule is CC(=O)O[C@@H]1[C@@H](OC(C)=O)[C@H](OC(C)=O)CS[C@H]1Oc1cccc2ocnc12. The van der Waals surface area contributed by atoms with Gasteiger partial charge in [-0.05, 0) is 12.1 Å². The molecule has 0 unspecified atom stereocenters. The van der Waals surface area contributed by atoms with Crippen molar-refractivity contribution in [3.05, 3.63) is 24.6 Å². The Morgan fingerprint density at radius 3 is 2.39 bits per heavy atom. The fraction of sp³-hybridized carbons (Fsp3) is 0.444. The number of oxazole rings is 1. The minimum Gasteiger partial charge on any atom is -0.473 e. The molecule has 0 aliphatic carbocycles. The Balaban J connectivity index is 1.90. The lowest BCUT2D eigenvalue weighted by Gasteiger charge is -2.39. The fourth-order valence-corrected chi connectivity index (χ4v) is 4.10. The maximum absolute atomic E-state index is 11.7. The summed E-state index contributed by atoms with van der Waals surface area (Å²) in [5.74, 6) is -0.998. The van der Waals surface area contributed by atoms with Crippen LogP contribution in [0, 0.1) is 0 Å². The number of benzene rings is 1. The number of esters is 3. The van der Waals surface area contributed by atoms with E-state index in [0.717, 1.165) is 0 Å². The third-order valence-electron chi connectivity index (χ3n) is 3.87. The molecule has 9 nitrogen and oxygen atoms in total. The van der Waals surface area contributed by atoms with Gasteiger partial charge in [-0.2, -0.15) is 0 Å². The van der Waals surface area contributed by atoms with Gasteiger partial charge in [0.15, 0.2) is 47.0 Å². The minimum atomic E-state index is -1.01. The third kappa shape index (κ3) is 4.56. The first-order valence-corrected chi connectivity index (χ1v) is 9.52. The topological polar surface area (TPSA) is 114 Å². The first-order valence-electron chi connectivity index (χ1n) is 8.47. The summed E-state index contributed by atoms with van der Waals surface area (Å²) in [7, 11) is 0. The number of rotatable bonds is 5. The summed E-state index contributed by atoms with van der Waals surface area (Å²) in [6, 6.07) is 5.18. The zero-order valence-corrected chi connectivity index (χ0v) is 16.3. The molecule has 2 aromatic rings. The number of thioether (sulfide) groups is 1. The maximum Gasteiger partial charge on any atom is 0.303 e. The van der Waals surface area contributed by atoms with Crippen LogP contribution in [0.4, 0.5) is 0 Å². The first kappa shape index (κ1) is 20.0. The van der Waals surface area contributed by atoms with Gasteiger partial charge in [-0.15, -0.1) is 11.8 Å². The summed E-state index contributed by atoms with van der Waals surface area (Å²) in [4.78, 5) is 38.8. The molecule has 150 valence electrons. The highest BCUT2D eigenvalue weighted by molar-refractivity contribution is 7.99. The second-order valence-corrected chi connectivity index (χ2v) is 7.20. The number of hydrogen-bond acceptors (Lipinski definition) is 10. The Bertz CT molecular complexity index is 881. The number of ether oxygens (including phenoxy) is 4. The fourth-order valence-electron chi connectivity index (χ4n) is 2.89. The Kier molecular flexibility index (Phi) is 6.08. The third-order valence-corrected chi connectivity index (χ3v) is 5.09. The second-order valence-electron chi connectivity index (χ2n) is 6.07. The van der Waals surface area contributed by atoms with Gasteiger partial charge in [0.25, 0.3) is 0 Å². The molecule has 0 bridgehead atoms. The van der Waals surface area contributed by atoms with Crippen molar-refractivity contribution in [2.24, 2.45) is 0 Å². The Morgan fingerprint density at radius 2 is 1.71 bits per heavy atom. The summed E-state index contributed by atoms with van der Waals surface area (Å²) in [5.41, 5.74) is 0.329. The Labute approximate surface area is 164 Å². The highest BCUT2D eigenvalue weighted by Gasteiger charge is 2.47. The van der Waals surface area contributed by atoms with Crippen LogP contribution in [0.5, 0.6) is 5.75 Å². The molecule has 1 aliphatic heterocycles. The van der Waals surface area contributed by atoms with E-state index in [0.29, 0.717) is 16.8 Å². The molecule has 2 heterocycles. The summed E-state index contributed by atoms with van der Waals surface area (Å²) < 4.78 is 27.3. The molecule has 1 saturated heterocycles. The van der Waals surface area contributed by atoms with Gasteiger partial charge in [-0.3, -0.25) is 14.4 Å². The predicted molar refractivity (Wildman–Crippen MR) is 97.5 cm³/mol. The molecule has 3 rings (SSSR count). The van der Waals surface area contributed by atoms with Crippen LogP contribution >= 0.6 is 11.8 Å². The van der Waals surface area contributed by atoms with Gasteiger partial charge in [0, 0.05) is 26.5 Å². The van der Waals surface area contributed by atoms with Crippen molar-refractivity contribution in [2.45, 2.75) is 44.5 Å². The number of para-hydroxylation sites is 1. The summed E-state index contributed by atoms with van der Waals surface area (Å²) >= 11 is 1.27. The second kappa shape index (κ2) is 8.51. The molecule has 0 spiro atoms. The van der Waals surface area contributed by atoms with Gasteiger partial charge in [0.05, 0.1) is 0 Å². The van der Waals surface area contributed by atoms with Crippen LogP contribution in [0.3, 0.4) is 0 Å². The maximum atomic E-state index is 11.7. The lowest BCUT2D eigenvalue weighted by molar-refractivity contribution is -0.186. The van der Waals surface area contributed by atoms with E-state index in [2.05, 4.69) is 4.98 Å². The molecule has 1 aliphatic rings. The van der Waals surface area contributed by atoms with Gasteiger partial charge in [0.1, 0.15) is 0 Å². The number of carbonyl (C=O) groups excluding carboxylic acids is 3. The number of fused-ring (bicyclic) bond motifs is 1. The summed E-state index contributed by atoms with van der Waals surface area (Å²) in [6.45, 7) is 3.72. The van der Waals surface area contributed by atoms with Crippen LogP contribution in [0.25, 0.3) is 11.1 Å². The van der Waals surface area contributed by atoms with Gasteiger partial charge < -0.3 is 23.4 Å². The van der Waals surface area contributed by atoms with Gasteiger partial charge in [-0.1, -0.05) is 6.07 Å². The van der Waals surface area contributed by atoms with Crippen LogP contribution in [0.2, 0.25) is 0 Å². The molecule has 0 radical (unpaired) electrons. The molecule has 4 atom stereocenters. The Morgan fingerprint density at radius 1 is 1.04 bits per heavy atom. The smallest absolute Gasteiger partial charge is 0.303 e. The lowest BCUT2D eigenvalue weighted by atomic mass is 10.1. The molecular formula is C18H19NO8S. The molecule has 0 N–H and O–H groups in total. The molecule has 28 heavy (non-hydrogen) atoms. The summed E-state index contributed by atoms with van der Waals surface area (Å²) in [6.07, 6.45) is -1.48. The van der Waals surface area contributed by atoms with Gasteiger partial charge in [0.2, 0.25) is 0 Å². The monoisotopic (exact) mass is 409 g/mol. The molecule has 1 aromatic heterocycles. The van der Waals surface area contributed by atoms with E-state index < -0.39 is 41.7 Å². The van der Waals surface area contributed by atoms with E-state index in [1.807, 2.05) is 0 Å². The number of hydrogen-bond donors (Lipinski definition) is 0. The number of aromatic nitrogens is 1. The summed E-state index contributed by atoms with van der Waals surface area (Å²) in [5, 5.41) is 0. The quantitative estimate of drug-likeness (QED) is 0.537. The first-order chi connectivity index (χ1) is 13.3. The van der Waals surface area contributed by atoms with Crippen molar-refractivity contribution in [3.8, 4) is 5.75 Å².